The maximum atomic E-state index is 13.1. The highest BCUT2D eigenvalue weighted by atomic mass is 79.9. The van der Waals surface area contributed by atoms with Crippen LogP contribution in [0.2, 0.25) is 0 Å². The van der Waals surface area contributed by atoms with Crippen molar-refractivity contribution in [1.82, 2.24) is 5.32 Å². The van der Waals surface area contributed by atoms with Gasteiger partial charge in [-0.3, -0.25) is 9.59 Å². The van der Waals surface area contributed by atoms with E-state index >= 15 is 0 Å². The van der Waals surface area contributed by atoms with Gasteiger partial charge < -0.3 is 11.1 Å². The molecule has 2 aromatic carbocycles. The van der Waals surface area contributed by atoms with Gasteiger partial charge in [0.2, 0.25) is 5.91 Å². The van der Waals surface area contributed by atoms with Gasteiger partial charge in [-0.05, 0) is 29.8 Å². The fourth-order valence-corrected chi connectivity index (χ4v) is 3.64. The first kappa shape index (κ1) is 20.4. The van der Waals surface area contributed by atoms with Gasteiger partial charge >= 0.3 is 6.18 Å². The molecule has 1 atom stereocenters. The minimum atomic E-state index is -4.57. The Labute approximate surface area is 164 Å². The number of hydrogen-bond donors (Lipinski definition) is 2. The average molecular weight is 494 g/mol. The highest BCUT2D eigenvalue weighted by Gasteiger charge is 2.34. The average Bonchev–Trinajstić information content (AvgIpc) is 2.52. The second kappa shape index (κ2) is 8.22. The number of amides is 2. The van der Waals surface area contributed by atoms with Gasteiger partial charge in [0.15, 0.2) is 0 Å². The molecule has 0 saturated heterocycles. The summed E-state index contributed by atoms with van der Waals surface area (Å²) in [5.74, 6) is -1.55. The Balaban J connectivity index is 2.26. The molecule has 0 saturated carbocycles. The van der Waals surface area contributed by atoms with Crippen LogP contribution in [-0.4, -0.2) is 17.9 Å². The molecule has 0 fully saturated rings. The second-order valence-electron chi connectivity index (χ2n) is 5.45. The Kier molecular flexibility index (Phi) is 6.46. The van der Waals surface area contributed by atoms with Crippen molar-refractivity contribution >= 4 is 43.7 Å². The first-order valence-corrected chi connectivity index (χ1v) is 8.88. The highest BCUT2D eigenvalue weighted by Crippen LogP contribution is 2.32. The zero-order chi connectivity index (χ0) is 19.5. The lowest BCUT2D eigenvalue weighted by Crippen LogP contribution is -2.46. The number of carbonyl (C=O) groups is 2. The molecule has 0 unspecified atom stereocenters. The summed E-state index contributed by atoms with van der Waals surface area (Å²) in [4.78, 5) is 24.0. The second-order valence-corrected chi connectivity index (χ2v) is 7.28. The van der Waals surface area contributed by atoms with E-state index in [2.05, 4.69) is 37.2 Å². The van der Waals surface area contributed by atoms with Crippen molar-refractivity contribution in [2.45, 2.75) is 18.6 Å². The number of rotatable bonds is 5. The zero-order valence-electron chi connectivity index (χ0n) is 13.1. The fourth-order valence-electron chi connectivity index (χ4n) is 2.34. The minimum Gasteiger partial charge on any atom is -0.368 e. The molecule has 0 aliphatic heterocycles. The summed E-state index contributed by atoms with van der Waals surface area (Å²) in [5, 5.41) is 2.39. The van der Waals surface area contributed by atoms with Crippen LogP contribution >= 0.6 is 31.9 Å². The fraction of sp³-hybridized carbons (Fsp3) is 0.176. The van der Waals surface area contributed by atoms with Gasteiger partial charge in [0.1, 0.15) is 6.04 Å². The molecule has 3 N–H and O–H groups in total. The summed E-state index contributed by atoms with van der Waals surface area (Å²) in [5.41, 5.74) is 4.50. The molecule has 0 aliphatic carbocycles. The maximum Gasteiger partial charge on any atom is 0.416 e. The maximum absolute atomic E-state index is 13.1. The van der Waals surface area contributed by atoms with Gasteiger partial charge in [-0.15, -0.1) is 0 Å². The Morgan fingerprint density at radius 3 is 2.19 bits per heavy atom. The number of alkyl halides is 3. The SMILES string of the molecule is NC(=O)[C@H](Cc1ccccc1C(F)(F)F)NC(=O)c1cc(Br)cc(Br)c1. The Morgan fingerprint density at radius 2 is 1.65 bits per heavy atom. The molecule has 0 spiro atoms. The van der Waals surface area contributed by atoms with Crippen LogP contribution < -0.4 is 11.1 Å². The number of benzene rings is 2. The smallest absolute Gasteiger partial charge is 0.368 e. The zero-order valence-corrected chi connectivity index (χ0v) is 16.3. The minimum absolute atomic E-state index is 0.125. The molecule has 138 valence electrons. The number of primary amides is 1. The summed E-state index contributed by atoms with van der Waals surface area (Å²) in [6.45, 7) is 0. The number of nitrogens with two attached hydrogens (primary N) is 1. The van der Waals surface area contributed by atoms with Crippen molar-refractivity contribution in [3.05, 3.63) is 68.1 Å². The topological polar surface area (TPSA) is 72.2 Å². The van der Waals surface area contributed by atoms with Crippen LogP contribution in [0.5, 0.6) is 0 Å². The van der Waals surface area contributed by atoms with Crippen LogP contribution in [0.1, 0.15) is 21.5 Å². The highest BCUT2D eigenvalue weighted by molar-refractivity contribution is 9.11. The van der Waals surface area contributed by atoms with Crippen LogP contribution in [0.4, 0.5) is 13.2 Å². The number of nitrogens with one attached hydrogen (secondary N) is 1. The van der Waals surface area contributed by atoms with Crippen LogP contribution in [-0.2, 0) is 17.4 Å². The van der Waals surface area contributed by atoms with Crippen molar-refractivity contribution in [2.75, 3.05) is 0 Å². The lowest BCUT2D eigenvalue weighted by atomic mass is 9.99. The van der Waals surface area contributed by atoms with E-state index in [1.165, 1.54) is 30.3 Å². The molecule has 2 aromatic rings. The van der Waals surface area contributed by atoms with E-state index in [9.17, 15) is 22.8 Å². The van der Waals surface area contributed by atoms with Crippen LogP contribution in [0.25, 0.3) is 0 Å². The normalized spacial score (nSPS) is 12.5. The van der Waals surface area contributed by atoms with Crippen molar-refractivity contribution in [3.8, 4) is 0 Å². The van der Waals surface area contributed by atoms with Crippen LogP contribution in [0, 0.1) is 0 Å². The van der Waals surface area contributed by atoms with Gasteiger partial charge in [0, 0.05) is 20.9 Å². The third-order valence-electron chi connectivity index (χ3n) is 3.52. The Bertz CT molecular complexity index is 821. The summed E-state index contributed by atoms with van der Waals surface area (Å²) in [7, 11) is 0. The number of halogens is 5. The molecular weight excluding hydrogens is 481 g/mol. The van der Waals surface area contributed by atoms with Gasteiger partial charge in [-0.25, -0.2) is 0 Å². The molecule has 26 heavy (non-hydrogen) atoms. The number of carbonyl (C=O) groups excluding carboxylic acids is 2. The van der Waals surface area contributed by atoms with Crippen molar-refractivity contribution < 1.29 is 22.8 Å². The predicted molar refractivity (Wildman–Crippen MR) is 97.4 cm³/mol. The van der Waals surface area contributed by atoms with Crippen LogP contribution in [0.3, 0.4) is 0 Å². The van der Waals surface area contributed by atoms with Gasteiger partial charge in [-0.1, -0.05) is 50.1 Å². The standard InChI is InChI=1S/C17H13Br2F3N2O2/c18-11-5-10(6-12(19)8-11)16(26)24-14(15(23)25)7-9-3-1-2-4-13(9)17(20,21)22/h1-6,8,14H,7H2,(H2,23,25)(H,24,26)/t14-/m0/s1. The van der Waals surface area contributed by atoms with Gasteiger partial charge in [0.25, 0.3) is 5.91 Å². The largest absolute Gasteiger partial charge is 0.416 e. The van der Waals surface area contributed by atoms with Crippen LogP contribution in [0.15, 0.2) is 51.4 Å². The van der Waals surface area contributed by atoms with E-state index in [1.54, 1.807) is 6.07 Å². The molecule has 9 heteroatoms. The van der Waals surface area contributed by atoms with E-state index in [1.807, 2.05) is 0 Å². The molecule has 0 aliphatic rings. The van der Waals surface area contributed by atoms with E-state index < -0.39 is 29.6 Å². The third-order valence-corrected chi connectivity index (χ3v) is 4.44. The predicted octanol–water partition coefficient (Wildman–Crippen LogP) is 4.06. The summed E-state index contributed by atoms with van der Waals surface area (Å²) in [6.07, 6.45) is -4.94. The van der Waals surface area contributed by atoms with Crippen molar-refractivity contribution in [1.29, 1.82) is 0 Å². The van der Waals surface area contributed by atoms with Gasteiger partial charge in [-0.2, -0.15) is 13.2 Å². The molecule has 2 amide bonds. The molecular formula is C17H13Br2F3N2O2. The lowest BCUT2D eigenvalue weighted by Gasteiger charge is -2.19. The van der Waals surface area contributed by atoms with Crippen molar-refractivity contribution in [3.63, 3.8) is 0 Å². The van der Waals surface area contributed by atoms with E-state index in [4.69, 9.17) is 5.73 Å². The first-order chi connectivity index (χ1) is 12.1. The molecule has 2 rings (SSSR count). The molecule has 0 heterocycles. The van der Waals surface area contributed by atoms with Crippen molar-refractivity contribution in [2.24, 2.45) is 5.73 Å². The molecule has 0 bridgehead atoms. The van der Waals surface area contributed by atoms with E-state index in [-0.39, 0.29) is 17.5 Å². The first-order valence-electron chi connectivity index (χ1n) is 7.29. The van der Waals surface area contributed by atoms with E-state index in [0.29, 0.717) is 8.95 Å². The Morgan fingerprint density at radius 1 is 1.08 bits per heavy atom. The summed E-state index contributed by atoms with van der Waals surface area (Å²) >= 11 is 6.47. The van der Waals surface area contributed by atoms with E-state index in [0.717, 1.165) is 6.07 Å². The summed E-state index contributed by atoms with van der Waals surface area (Å²) < 4.78 is 40.5. The molecule has 0 radical (unpaired) electrons. The van der Waals surface area contributed by atoms with Gasteiger partial charge in [0.05, 0.1) is 5.56 Å². The third kappa shape index (κ3) is 5.31. The monoisotopic (exact) mass is 492 g/mol. The summed E-state index contributed by atoms with van der Waals surface area (Å²) in [6, 6.07) is 8.30. The molecule has 0 aromatic heterocycles. The lowest BCUT2D eigenvalue weighted by molar-refractivity contribution is -0.138. The quantitative estimate of drug-likeness (QED) is 0.659. The number of hydrogen-bond acceptors (Lipinski definition) is 2. The Hall–Kier alpha value is -1.87. The molecule has 4 nitrogen and oxygen atoms in total.